The summed E-state index contributed by atoms with van der Waals surface area (Å²) in [7, 11) is 1.86. The Balaban J connectivity index is 1.70. The summed E-state index contributed by atoms with van der Waals surface area (Å²) in [5, 5.41) is 12.1. The highest BCUT2D eigenvalue weighted by molar-refractivity contribution is 5.97. The van der Waals surface area contributed by atoms with Gasteiger partial charge in [-0.3, -0.25) is 14.6 Å². The summed E-state index contributed by atoms with van der Waals surface area (Å²) in [4.78, 5) is 23.6. The summed E-state index contributed by atoms with van der Waals surface area (Å²) in [5.41, 5.74) is 2.25. The van der Waals surface area contributed by atoms with Crippen LogP contribution in [0.3, 0.4) is 0 Å². The fourth-order valence-electron chi connectivity index (χ4n) is 3.43. The molecule has 1 saturated heterocycles. The highest BCUT2D eigenvalue weighted by atomic mass is 16.2. The van der Waals surface area contributed by atoms with Gasteiger partial charge in [-0.2, -0.15) is 10.2 Å². The highest BCUT2D eigenvalue weighted by Gasteiger charge is 2.31. The molecule has 0 spiro atoms. The number of carbonyl (C=O) groups is 1. The number of fused-ring (bicyclic) bond motifs is 1. The van der Waals surface area contributed by atoms with E-state index in [1.807, 2.05) is 24.9 Å². The zero-order valence-electron chi connectivity index (χ0n) is 13.7. The smallest absolute Gasteiger partial charge is 0.256 e. The highest BCUT2D eigenvalue weighted by Crippen LogP contribution is 2.30. The molecule has 0 bridgehead atoms. The molecule has 0 saturated carbocycles. The van der Waals surface area contributed by atoms with Crippen LogP contribution in [0.4, 0.5) is 0 Å². The number of H-pyrrole nitrogens is 1. The van der Waals surface area contributed by atoms with Gasteiger partial charge in [0.2, 0.25) is 0 Å². The van der Waals surface area contributed by atoms with Gasteiger partial charge in [0, 0.05) is 25.2 Å². The van der Waals surface area contributed by atoms with Crippen molar-refractivity contribution >= 4 is 16.9 Å². The first-order valence-corrected chi connectivity index (χ1v) is 8.10. The van der Waals surface area contributed by atoms with Crippen LogP contribution in [-0.2, 0) is 7.05 Å². The minimum atomic E-state index is -0.0561. The number of aryl methyl sites for hydroxylation is 2. The number of nitrogens with zero attached hydrogens (tertiary/aromatic N) is 6. The van der Waals surface area contributed by atoms with Gasteiger partial charge in [-0.05, 0) is 32.3 Å². The van der Waals surface area contributed by atoms with Crippen LogP contribution < -0.4 is 0 Å². The lowest BCUT2D eigenvalue weighted by Gasteiger charge is -2.34. The van der Waals surface area contributed by atoms with E-state index >= 15 is 0 Å². The molecule has 24 heavy (non-hydrogen) atoms. The zero-order valence-corrected chi connectivity index (χ0v) is 13.7. The van der Waals surface area contributed by atoms with E-state index in [1.54, 1.807) is 10.9 Å². The molecule has 0 radical (unpaired) electrons. The Hall–Kier alpha value is -2.77. The second kappa shape index (κ2) is 5.70. The van der Waals surface area contributed by atoms with Crippen LogP contribution in [0.15, 0.2) is 18.6 Å². The number of nitrogens with one attached hydrogen (secondary N) is 1. The van der Waals surface area contributed by atoms with Crippen LogP contribution >= 0.6 is 0 Å². The van der Waals surface area contributed by atoms with Crippen molar-refractivity contribution in [2.45, 2.75) is 32.2 Å². The van der Waals surface area contributed by atoms with Gasteiger partial charge >= 0.3 is 0 Å². The fourth-order valence-corrected chi connectivity index (χ4v) is 3.43. The molecule has 1 aliphatic rings. The van der Waals surface area contributed by atoms with Crippen molar-refractivity contribution in [1.82, 2.24) is 34.8 Å². The van der Waals surface area contributed by atoms with E-state index in [1.165, 1.54) is 6.33 Å². The Labute approximate surface area is 138 Å². The number of hydrogen-bond acceptors (Lipinski definition) is 5. The molecule has 124 valence electrons. The van der Waals surface area contributed by atoms with Gasteiger partial charge in [0.25, 0.3) is 5.91 Å². The third-order valence-corrected chi connectivity index (χ3v) is 4.62. The molecule has 1 amide bonds. The number of carbonyl (C=O) groups excluding carboxylic acids is 1. The lowest BCUT2D eigenvalue weighted by molar-refractivity contribution is 0.0600. The molecule has 1 fully saturated rings. The number of amides is 1. The zero-order chi connectivity index (χ0) is 16.7. The van der Waals surface area contributed by atoms with Crippen molar-refractivity contribution < 1.29 is 4.79 Å². The summed E-state index contributed by atoms with van der Waals surface area (Å²) in [6.07, 6.45) is 6.09. The van der Waals surface area contributed by atoms with Crippen LogP contribution in [0.2, 0.25) is 0 Å². The van der Waals surface area contributed by atoms with E-state index in [0.717, 1.165) is 41.8 Å². The van der Waals surface area contributed by atoms with E-state index in [-0.39, 0.29) is 11.9 Å². The van der Waals surface area contributed by atoms with Gasteiger partial charge in [0.15, 0.2) is 5.65 Å². The number of aromatic amines is 1. The SMILES string of the molecule is Cc1nn(C)c2ncc(C(=O)N3CCCCC3c3ncn[nH]3)cc12. The van der Waals surface area contributed by atoms with Crippen LogP contribution in [-0.4, -0.2) is 47.3 Å². The summed E-state index contributed by atoms with van der Waals surface area (Å²) >= 11 is 0. The minimum Gasteiger partial charge on any atom is -0.328 e. The molecule has 1 unspecified atom stereocenters. The Kier molecular flexibility index (Phi) is 3.51. The summed E-state index contributed by atoms with van der Waals surface area (Å²) in [5.74, 6) is 0.725. The maximum Gasteiger partial charge on any atom is 0.256 e. The predicted molar refractivity (Wildman–Crippen MR) is 87.3 cm³/mol. The van der Waals surface area contributed by atoms with Crippen molar-refractivity contribution in [3.8, 4) is 0 Å². The minimum absolute atomic E-state index is 0.0197. The normalized spacial score (nSPS) is 18.2. The summed E-state index contributed by atoms with van der Waals surface area (Å²) in [6, 6.07) is 1.83. The first-order valence-electron chi connectivity index (χ1n) is 8.10. The van der Waals surface area contributed by atoms with E-state index < -0.39 is 0 Å². The van der Waals surface area contributed by atoms with E-state index in [2.05, 4.69) is 25.3 Å². The first kappa shape index (κ1) is 14.8. The number of pyridine rings is 1. The topological polar surface area (TPSA) is 92.6 Å². The maximum absolute atomic E-state index is 13.1. The molecule has 8 heteroatoms. The molecule has 4 heterocycles. The van der Waals surface area contributed by atoms with Crippen LogP contribution in [0, 0.1) is 6.92 Å². The number of likely N-dealkylation sites (tertiary alicyclic amines) is 1. The fraction of sp³-hybridized carbons (Fsp3) is 0.438. The average Bonchev–Trinajstić information content (AvgIpc) is 3.23. The molecule has 0 aromatic carbocycles. The van der Waals surface area contributed by atoms with Gasteiger partial charge in [-0.25, -0.2) is 9.97 Å². The van der Waals surface area contributed by atoms with Crippen LogP contribution in [0.1, 0.15) is 47.2 Å². The van der Waals surface area contributed by atoms with E-state index in [9.17, 15) is 4.79 Å². The molecule has 3 aromatic heterocycles. The maximum atomic E-state index is 13.1. The molecule has 3 aromatic rings. The van der Waals surface area contributed by atoms with Gasteiger partial charge in [-0.1, -0.05) is 0 Å². The van der Waals surface area contributed by atoms with Crippen LogP contribution in [0.25, 0.3) is 11.0 Å². The average molecular weight is 325 g/mol. The quantitative estimate of drug-likeness (QED) is 0.775. The third-order valence-electron chi connectivity index (χ3n) is 4.62. The van der Waals surface area contributed by atoms with Crippen molar-refractivity contribution in [3.05, 3.63) is 35.7 Å². The van der Waals surface area contributed by atoms with Gasteiger partial charge in [0.05, 0.1) is 17.3 Å². The van der Waals surface area contributed by atoms with Crippen molar-refractivity contribution in [3.63, 3.8) is 0 Å². The van der Waals surface area contributed by atoms with Crippen molar-refractivity contribution in [2.24, 2.45) is 7.05 Å². The van der Waals surface area contributed by atoms with E-state index in [0.29, 0.717) is 12.1 Å². The molecule has 1 aliphatic heterocycles. The summed E-state index contributed by atoms with van der Waals surface area (Å²) in [6.45, 7) is 2.64. The van der Waals surface area contributed by atoms with Crippen molar-refractivity contribution in [2.75, 3.05) is 6.54 Å². The second-order valence-corrected chi connectivity index (χ2v) is 6.19. The number of hydrogen-bond donors (Lipinski definition) is 1. The number of aromatic nitrogens is 6. The molecule has 4 rings (SSSR count). The molecule has 0 aliphatic carbocycles. The Morgan fingerprint density at radius 2 is 2.21 bits per heavy atom. The third kappa shape index (κ3) is 2.34. The largest absolute Gasteiger partial charge is 0.328 e. The number of piperidine rings is 1. The second-order valence-electron chi connectivity index (χ2n) is 6.19. The van der Waals surface area contributed by atoms with Gasteiger partial charge in [-0.15, -0.1) is 0 Å². The van der Waals surface area contributed by atoms with Crippen molar-refractivity contribution in [1.29, 1.82) is 0 Å². The predicted octanol–water partition coefficient (Wildman–Crippen LogP) is 1.76. The Morgan fingerprint density at radius 1 is 1.33 bits per heavy atom. The van der Waals surface area contributed by atoms with E-state index in [4.69, 9.17) is 0 Å². The van der Waals surface area contributed by atoms with Gasteiger partial charge in [0.1, 0.15) is 12.2 Å². The molecule has 8 nitrogen and oxygen atoms in total. The lowest BCUT2D eigenvalue weighted by atomic mass is 10.0. The Morgan fingerprint density at radius 3 is 3.00 bits per heavy atom. The number of rotatable bonds is 2. The summed E-state index contributed by atoms with van der Waals surface area (Å²) < 4.78 is 1.73. The lowest BCUT2D eigenvalue weighted by Crippen LogP contribution is -2.39. The molecular weight excluding hydrogens is 306 g/mol. The Bertz CT molecular complexity index is 883. The van der Waals surface area contributed by atoms with Gasteiger partial charge < -0.3 is 4.90 Å². The van der Waals surface area contributed by atoms with Crippen LogP contribution in [0.5, 0.6) is 0 Å². The molecule has 1 atom stereocenters. The monoisotopic (exact) mass is 325 g/mol. The molecular formula is C16H19N7O. The standard InChI is InChI=1S/C16H19N7O/c1-10-12-7-11(8-17-15(12)22(2)21-10)16(24)23-6-4-3-5-13(23)14-18-9-19-20-14/h7-9,13H,3-6H2,1-2H3,(H,18,19,20). The first-order chi connectivity index (χ1) is 11.6. The molecule has 1 N–H and O–H groups in total.